The molecule has 0 atom stereocenters. The lowest BCUT2D eigenvalue weighted by Crippen LogP contribution is -3.00. The number of halogens is 1. The van der Waals surface area contributed by atoms with E-state index in [0.717, 1.165) is 37.0 Å². The number of benzene rings is 1. The largest absolute Gasteiger partial charge is 1.00 e. The van der Waals surface area contributed by atoms with Gasteiger partial charge in [-0.05, 0) is 36.2 Å². The van der Waals surface area contributed by atoms with Crippen LogP contribution in [0.3, 0.4) is 0 Å². The third kappa shape index (κ3) is 2.90. The quantitative estimate of drug-likeness (QED) is 0.793. The smallest absolute Gasteiger partial charge is 0.168 e. The van der Waals surface area contributed by atoms with Gasteiger partial charge in [0.1, 0.15) is 5.75 Å². The van der Waals surface area contributed by atoms with Gasteiger partial charge in [-0.2, -0.15) is 0 Å². The first kappa shape index (κ1) is 14.3. The van der Waals surface area contributed by atoms with E-state index in [-0.39, 0.29) is 12.4 Å². The zero-order valence-electron chi connectivity index (χ0n) is 10.8. The lowest BCUT2D eigenvalue weighted by atomic mass is 10.1. The van der Waals surface area contributed by atoms with Crippen LogP contribution < -0.4 is 17.1 Å². The number of aliphatic imine (C=N–C) groups is 1. The highest BCUT2D eigenvalue weighted by Crippen LogP contribution is 2.35. The van der Waals surface area contributed by atoms with Crippen LogP contribution in [0.15, 0.2) is 34.7 Å². The number of hydrogen-bond acceptors (Lipinski definition) is 4. The van der Waals surface area contributed by atoms with Crippen molar-refractivity contribution >= 4 is 22.6 Å². The summed E-state index contributed by atoms with van der Waals surface area (Å²) in [6.07, 6.45) is 1.04. The second kappa shape index (κ2) is 6.35. The van der Waals surface area contributed by atoms with Gasteiger partial charge in [0.25, 0.3) is 0 Å². The Balaban J connectivity index is 0.00000133. The monoisotopic (exact) mass is 295 g/mol. The summed E-state index contributed by atoms with van der Waals surface area (Å²) < 4.78 is 5.60. The number of rotatable bonds is 4. The average Bonchev–Trinajstić information content (AvgIpc) is 2.99. The van der Waals surface area contributed by atoms with Gasteiger partial charge >= 0.3 is 0 Å². The van der Waals surface area contributed by atoms with Gasteiger partial charge in [-0.25, -0.2) is 0 Å². The van der Waals surface area contributed by atoms with Crippen molar-refractivity contribution in [1.29, 1.82) is 0 Å². The van der Waals surface area contributed by atoms with E-state index in [1.165, 1.54) is 11.3 Å². The van der Waals surface area contributed by atoms with Gasteiger partial charge in [0.15, 0.2) is 5.17 Å². The van der Waals surface area contributed by atoms with Gasteiger partial charge in [0.05, 0.1) is 18.8 Å². The summed E-state index contributed by atoms with van der Waals surface area (Å²) in [7, 11) is 0. The Hall–Kier alpha value is -1.13. The van der Waals surface area contributed by atoms with E-state index in [1.807, 2.05) is 12.1 Å². The summed E-state index contributed by atoms with van der Waals surface area (Å²) in [5.74, 6) is 0.946. The molecule has 2 aliphatic rings. The molecule has 1 aromatic rings. The maximum atomic E-state index is 5.60. The molecule has 0 aliphatic carbocycles. The van der Waals surface area contributed by atoms with Crippen molar-refractivity contribution in [3.63, 3.8) is 0 Å². The summed E-state index contributed by atoms with van der Waals surface area (Å²) in [5.41, 5.74) is 2.50. The molecule has 0 N–H and O–H groups in total. The van der Waals surface area contributed by atoms with Crippen molar-refractivity contribution in [1.82, 2.24) is 4.90 Å². The number of thioether (sulfide) groups is 1. The number of fused-ring (bicyclic) bond motifs is 1. The molecule has 3 nitrogen and oxygen atoms in total. The van der Waals surface area contributed by atoms with Gasteiger partial charge in [-0.15, -0.1) is 0 Å². The fourth-order valence-corrected chi connectivity index (χ4v) is 3.05. The van der Waals surface area contributed by atoms with Crippen molar-refractivity contribution in [2.75, 3.05) is 19.7 Å². The third-order valence-corrected chi connectivity index (χ3v) is 3.89. The van der Waals surface area contributed by atoms with Crippen molar-refractivity contribution in [2.24, 2.45) is 4.99 Å². The lowest BCUT2D eigenvalue weighted by Gasteiger charge is -2.16. The fourth-order valence-electron chi connectivity index (χ4n) is 2.09. The molecule has 3 rings (SSSR count). The molecule has 0 saturated carbocycles. The van der Waals surface area contributed by atoms with Crippen LogP contribution in [0.1, 0.15) is 18.9 Å². The maximum absolute atomic E-state index is 5.60. The molecule has 0 spiro atoms. The summed E-state index contributed by atoms with van der Waals surface area (Å²) in [6.45, 7) is 4.81. The first-order valence-corrected chi connectivity index (χ1v) is 7.18. The van der Waals surface area contributed by atoms with Gasteiger partial charge < -0.3 is 22.0 Å². The van der Waals surface area contributed by atoms with E-state index in [2.05, 4.69) is 34.4 Å². The zero-order chi connectivity index (χ0) is 12.4. The Morgan fingerprint density at radius 2 is 2.11 bits per heavy atom. The van der Waals surface area contributed by atoms with Gasteiger partial charge in [0, 0.05) is 12.0 Å². The lowest BCUT2D eigenvalue weighted by molar-refractivity contribution is -0.00000405. The highest BCUT2D eigenvalue weighted by molar-refractivity contribution is 8.16. The molecule has 0 bridgehead atoms. The third-order valence-electron chi connectivity index (χ3n) is 2.99. The summed E-state index contributed by atoms with van der Waals surface area (Å²) in [6, 6.07) is 8.33. The molecule has 0 radical (unpaired) electrons. The van der Waals surface area contributed by atoms with Crippen molar-refractivity contribution < 1.29 is 17.1 Å². The zero-order valence-corrected chi connectivity index (χ0v) is 12.4. The molecule has 2 aliphatic heterocycles. The van der Waals surface area contributed by atoms with Gasteiger partial charge in [0.2, 0.25) is 0 Å². The van der Waals surface area contributed by atoms with Crippen molar-refractivity contribution in [2.45, 2.75) is 13.3 Å². The summed E-state index contributed by atoms with van der Waals surface area (Å²) in [4.78, 5) is 6.74. The van der Waals surface area contributed by atoms with Crippen LogP contribution >= 0.6 is 11.8 Å². The molecule has 19 heavy (non-hydrogen) atoms. The fraction of sp³-hybridized carbons (Fsp3) is 0.357. The highest BCUT2D eigenvalue weighted by Gasteiger charge is 2.26. The van der Waals surface area contributed by atoms with Crippen LogP contribution in [0.2, 0.25) is 0 Å². The van der Waals surface area contributed by atoms with Crippen LogP contribution in [-0.4, -0.2) is 29.8 Å². The first-order chi connectivity index (χ1) is 8.88. The average molecular weight is 296 g/mol. The second-order valence-electron chi connectivity index (χ2n) is 4.31. The minimum atomic E-state index is 0. The number of hydrogen-bond donors (Lipinski definition) is 0. The van der Waals surface area contributed by atoms with Gasteiger partial charge in [-0.1, -0.05) is 18.7 Å². The van der Waals surface area contributed by atoms with Crippen molar-refractivity contribution in [3.05, 3.63) is 35.2 Å². The number of amidine groups is 1. The molecule has 0 saturated heterocycles. The van der Waals surface area contributed by atoms with E-state index in [0.29, 0.717) is 0 Å². The Morgan fingerprint density at radius 3 is 2.84 bits per heavy atom. The molecule has 0 amide bonds. The Labute approximate surface area is 124 Å². The first-order valence-electron chi connectivity index (χ1n) is 6.30. The minimum absolute atomic E-state index is 0. The predicted molar refractivity (Wildman–Crippen MR) is 76.8 cm³/mol. The topological polar surface area (TPSA) is 24.8 Å². The maximum Gasteiger partial charge on any atom is 0.168 e. The summed E-state index contributed by atoms with van der Waals surface area (Å²) >= 11 is 1.72. The van der Waals surface area contributed by atoms with E-state index in [1.54, 1.807) is 11.8 Å². The molecule has 0 fully saturated rings. The number of ether oxygens (including phenoxy) is 1. The van der Waals surface area contributed by atoms with Crippen LogP contribution in [0, 0.1) is 0 Å². The Morgan fingerprint density at radius 1 is 1.32 bits per heavy atom. The van der Waals surface area contributed by atoms with Crippen LogP contribution in [-0.2, 0) is 0 Å². The van der Waals surface area contributed by atoms with E-state index < -0.39 is 0 Å². The van der Waals surface area contributed by atoms with E-state index in [9.17, 15) is 0 Å². The Bertz CT molecular complexity index is 499. The SMILES string of the molecule is CCCOc1ccc(C2=CSC3=NCCN23)cc1.[Cl-]. The van der Waals surface area contributed by atoms with Crippen LogP contribution in [0.5, 0.6) is 5.75 Å². The second-order valence-corrected chi connectivity index (χ2v) is 5.15. The van der Waals surface area contributed by atoms with E-state index in [4.69, 9.17) is 4.74 Å². The normalized spacial score (nSPS) is 16.6. The molecule has 0 unspecified atom stereocenters. The Kier molecular flexibility index (Phi) is 4.77. The van der Waals surface area contributed by atoms with Crippen LogP contribution in [0.25, 0.3) is 5.70 Å². The molecular weight excluding hydrogens is 280 g/mol. The van der Waals surface area contributed by atoms with E-state index >= 15 is 0 Å². The molecule has 2 heterocycles. The van der Waals surface area contributed by atoms with Gasteiger partial charge in [-0.3, -0.25) is 4.99 Å². The minimum Gasteiger partial charge on any atom is -1.00 e. The molecule has 102 valence electrons. The molecule has 0 aromatic heterocycles. The molecular formula is C14H16ClN2OS-. The molecule has 1 aromatic carbocycles. The predicted octanol–water partition coefficient (Wildman–Crippen LogP) is 0.196. The molecule has 5 heteroatoms. The number of nitrogens with zero attached hydrogens (tertiary/aromatic N) is 2. The highest BCUT2D eigenvalue weighted by atomic mass is 35.5. The van der Waals surface area contributed by atoms with Crippen LogP contribution in [0.4, 0.5) is 0 Å². The van der Waals surface area contributed by atoms with Crippen molar-refractivity contribution in [3.8, 4) is 5.75 Å². The summed E-state index contributed by atoms with van der Waals surface area (Å²) in [5, 5.41) is 3.32. The standard InChI is InChI=1S/C14H16N2OS.ClH/c1-2-9-17-12-5-3-11(4-6-12)13-10-18-14-15-7-8-16(13)14;/h3-6,10H,2,7-9H2,1H3;1H/p-1.